The molecule has 0 radical (unpaired) electrons. The Bertz CT molecular complexity index is 2140. The highest BCUT2D eigenvalue weighted by atomic mass is 14.8. The van der Waals surface area contributed by atoms with Gasteiger partial charge < -0.3 is 0 Å². The number of fused-ring (bicyclic) bond motifs is 9. The van der Waals surface area contributed by atoms with Gasteiger partial charge in [0.15, 0.2) is 0 Å². The molecule has 8 aromatic rings. The van der Waals surface area contributed by atoms with Crippen molar-refractivity contribution in [3.05, 3.63) is 134 Å². The molecule has 0 atom stereocenters. The summed E-state index contributed by atoms with van der Waals surface area (Å²) in [6.07, 6.45) is 1.98. The maximum absolute atomic E-state index is 5.02. The van der Waals surface area contributed by atoms with Gasteiger partial charge in [0, 0.05) is 22.5 Å². The summed E-state index contributed by atoms with van der Waals surface area (Å²) in [4.78, 5) is 9.93. The Balaban J connectivity index is 1.29. The predicted molar refractivity (Wildman–Crippen MR) is 160 cm³/mol. The number of benzene rings is 6. The zero-order chi connectivity index (χ0) is 25.1. The van der Waals surface area contributed by atoms with E-state index in [1.165, 1.54) is 43.1 Å². The SMILES string of the molecule is c1ccc2c(c1)nc(-c1ccc(-c3ccc4c5ccccc5c5ccccc5c4c3)cn1)c1ccccc12. The molecule has 176 valence electrons. The van der Waals surface area contributed by atoms with Gasteiger partial charge in [0.1, 0.15) is 0 Å². The Hall–Kier alpha value is -5.08. The summed E-state index contributed by atoms with van der Waals surface area (Å²) in [6, 6.07) is 45.2. The van der Waals surface area contributed by atoms with Crippen LogP contribution in [0.1, 0.15) is 0 Å². The largest absolute Gasteiger partial charge is 0.254 e. The summed E-state index contributed by atoms with van der Waals surface area (Å²) in [6.45, 7) is 0. The molecule has 0 N–H and O–H groups in total. The highest BCUT2D eigenvalue weighted by molar-refractivity contribution is 6.25. The number of pyridine rings is 2. The van der Waals surface area contributed by atoms with E-state index in [4.69, 9.17) is 9.97 Å². The van der Waals surface area contributed by atoms with Gasteiger partial charge in [0.25, 0.3) is 0 Å². The molecule has 0 bridgehead atoms. The highest BCUT2D eigenvalue weighted by Crippen LogP contribution is 2.37. The molecule has 0 aliphatic rings. The van der Waals surface area contributed by atoms with Gasteiger partial charge in [-0.3, -0.25) is 4.98 Å². The van der Waals surface area contributed by atoms with Crippen LogP contribution in [0.2, 0.25) is 0 Å². The van der Waals surface area contributed by atoms with Crippen LogP contribution in [0.4, 0.5) is 0 Å². The van der Waals surface area contributed by atoms with E-state index >= 15 is 0 Å². The Morgan fingerprint density at radius 1 is 0.368 bits per heavy atom. The van der Waals surface area contributed by atoms with Crippen LogP contribution in [-0.4, -0.2) is 9.97 Å². The first-order valence-electron chi connectivity index (χ1n) is 12.9. The van der Waals surface area contributed by atoms with Crippen molar-refractivity contribution in [3.63, 3.8) is 0 Å². The van der Waals surface area contributed by atoms with E-state index in [0.29, 0.717) is 0 Å². The molecule has 0 aliphatic heterocycles. The van der Waals surface area contributed by atoms with Crippen molar-refractivity contribution < 1.29 is 0 Å². The molecule has 0 saturated heterocycles. The zero-order valence-corrected chi connectivity index (χ0v) is 20.6. The lowest BCUT2D eigenvalue weighted by atomic mass is 9.92. The summed E-state index contributed by atoms with van der Waals surface area (Å²) in [7, 11) is 0. The Kier molecular flexibility index (Phi) is 4.55. The fraction of sp³-hybridized carbons (Fsp3) is 0. The van der Waals surface area contributed by atoms with E-state index in [-0.39, 0.29) is 0 Å². The van der Waals surface area contributed by atoms with Crippen LogP contribution in [0.25, 0.3) is 76.5 Å². The van der Waals surface area contributed by atoms with Gasteiger partial charge in [-0.1, -0.05) is 109 Å². The average Bonchev–Trinajstić information content (AvgIpc) is 3.01. The average molecular weight is 483 g/mol. The Labute approximate surface area is 219 Å². The van der Waals surface area contributed by atoms with Crippen molar-refractivity contribution in [2.24, 2.45) is 0 Å². The molecule has 38 heavy (non-hydrogen) atoms. The molecule has 0 spiro atoms. The van der Waals surface area contributed by atoms with Gasteiger partial charge >= 0.3 is 0 Å². The minimum absolute atomic E-state index is 0.882. The maximum atomic E-state index is 5.02. The van der Waals surface area contributed by atoms with Gasteiger partial charge in [0.2, 0.25) is 0 Å². The van der Waals surface area contributed by atoms with E-state index in [9.17, 15) is 0 Å². The second kappa shape index (κ2) is 8.22. The highest BCUT2D eigenvalue weighted by Gasteiger charge is 2.13. The van der Waals surface area contributed by atoms with Crippen LogP contribution >= 0.6 is 0 Å². The lowest BCUT2D eigenvalue weighted by Gasteiger charge is -2.12. The molecule has 2 heteroatoms. The van der Waals surface area contributed by atoms with E-state index in [1.54, 1.807) is 0 Å². The number of rotatable bonds is 2. The summed E-state index contributed by atoms with van der Waals surface area (Å²) in [5, 5.41) is 11.2. The first kappa shape index (κ1) is 21.0. The molecular weight excluding hydrogens is 460 g/mol. The topological polar surface area (TPSA) is 25.8 Å². The third-order valence-electron chi connectivity index (χ3n) is 7.69. The maximum Gasteiger partial charge on any atom is 0.0972 e. The van der Waals surface area contributed by atoms with Crippen molar-refractivity contribution in [3.8, 4) is 22.5 Å². The van der Waals surface area contributed by atoms with E-state index in [0.717, 1.165) is 33.4 Å². The fourth-order valence-electron chi connectivity index (χ4n) is 5.89. The van der Waals surface area contributed by atoms with Gasteiger partial charge in [-0.25, -0.2) is 4.98 Å². The molecule has 2 aromatic heterocycles. The van der Waals surface area contributed by atoms with Gasteiger partial charge in [0.05, 0.1) is 16.9 Å². The fourth-order valence-corrected chi connectivity index (χ4v) is 5.89. The van der Waals surface area contributed by atoms with Crippen LogP contribution in [0, 0.1) is 0 Å². The lowest BCUT2D eigenvalue weighted by molar-refractivity contribution is 1.29. The van der Waals surface area contributed by atoms with Crippen molar-refractivity contribution in [2.75, 3.05) is 0 Å². The minimum atomic E-state index is 0.882. The molecule has 8 rings (SSSR count). The van der Waals surface area contributed by atoms with Crippen molar-refractivity contribution in [1.82, 2.24) is 9.97 Å². The number of aromatic nitrogens is 2. The number of nitrogens with zero attached hydrogens (tertiary/aromatic N) is 2. The third kappa shape index (κ3) is 3.14. The Morgan fingerprint density at radius 3 is 1.50 bits per heavy atom. The van der Waals surface area contributed by atoms with E-state index in [2.05, 4.69) is 121 Å². The molecule has 0 fully saturated rings. The van der Waals surface area contributed by atoms with Crippen molar-refractivity contribution >= 4 is 54.0 Å². The smallest absolute Gasteiger partial charge is 0.0972 e. The van der Waals surface area contributed by atoms with Gasteiger partial charge in [-0.15, -0.1) is 0 Å². The van der Waals surface area contributed by atoms with Gasteiger partial charge in [-0.05, 0) is 61.5 Å². The second-order valence-electron chi connectivity index (χ2n) is 9.81. The number of hydrogen-bond donors (Lipinski definition) is 0. The molecule has 0 unspecified atom stereocenters. The first-order chi connectivity index (χ1) is 18.8. The normalized spacial score (nSPS) is 11.7. The molecule has 0 aliphatic carbocycles. The number of para-hydroxylation sites is 1. The standard InChI is InChI=1S/C36H22N2/c1-2-11-27-25(9-1)26-10-3-4-12-28(26)33-21-23(17-19-30(27)33)24-18-20-35(37-22-24)36-32-15-6-5-13-29(32)31-14-7-8-16-34(31)38-36/h1-22H. The minimum Gasteiger partial charge on any atom is -0.254 e. The van der Waals surface area contributed by atoms with Crippen LogP contribution < -0.4 is 0 Å². The molecule has 6 aromatic carbocycles. The zero-order valence-electron chi connectivity index (χ0n) is 20.6. The molecule has 0 saturated carbocycles. The Morgan fingerprint density at radius 2 is 0.868 bits per heavy atom. The molecule has 2 heterocycles. The van der Waals surface area contributed by atoms with Crippen molar-refractivity contribution in [1.29, 1.82) is 0 Å². The van der Waals surface area contributed by atoms with Gasteiger partial charge in [-0.2, -0.15) is 0 Å². The summed E-state index contributed by atoms with van der Waals surface area (Å²) >= 11 is 0. The van der Waals surface area contributed by atoms with Crippen LogP contribution in [0.3, 0.4) is 0 Å². The molecular formula is C36H22N2. The molecule has 2 nitrogen and oxygen atoms in total. The van der Waals surface area contributed by atoms with Crippen LogP contribution in [-0.2, 0) is 0 Å². The molecule has 0 amide bonds. The predicted octanol–water partition coefficient (Wildman–Crippen LogP) is 9.58. The van der Waals surface area contributed by atoms with Crippen LogP contribution in [0.5, 0.6) is 0 Å². The summed E-state index contributed by atoms with van der Waals surface area (Å²) < 4.78 is 0. The third-order valence-corrected chi connectivity index (χ3v) is 7.69. The first-order valence-corrected chi connectivity index (χ1v) is 12.9. The van der Waals surface area contributed by atoms with E-state index < -0.39 is 0 Å². The van der Waals surface area contributed by atoms with E-state index in [1.807, 2.05) is 12.3 Å². The summed E-state index contributed by atoms with van der Waals surface area (Å²) in [5.74, 6) is 0. The lowest BCUT2D eigenvalue weighted by Crippen LogP contribution is -1.92. The number of hydrogen-bond acceptors (Lipinski definition) is 2. The monoisotopic (exact) mass is 482 g/mol. The summed E-state index contributed by atoms with van der Waals surface area (Å²) in [5.41, 5.74) is 5.04. The van der Waals surface area contributed by atoms with Crippen molar-refractivity contribution in [2.45, 2.75) is 0 Å². The van der Waals surface area contributed by atoms with Crippen LogP contribution in [0.15, 0.2) is 134 Å². The quantitative estimate of drug-likeness (QED) is 0.229. The second-order valence-corrected chi connectivity index (χ2v) is 9.81.